The second kappa shape index (κ2) is 6.35. The molecule has 1 aromatic rings. The highest BCUT2D eigenvalue weighted by Crippen LogP contribution is 2.09. The van der Waals surface area contributed by atoms with Gasteiger partial charge in [0.15, 0.2) is 0 Å². The maximum absolute atomic E-state index is 11.0. The van der Waals surface area contributed by atoms with E-state index in [1.807, 2.05) is 24.5 Å². The molecule has 0 atom stereocenters. The van der Waals surface area contributed by atoms with E-state index in [2.05, 4.69) is 10.3 Å². The molecule has 0 aromatic carbocycles. The zero-order valence-electron chi connectivity index (χ0n) is 10.5. The Labute approximate surface area is 107 Å². The van der Waals surface area contributed by atoms with E-state index in [0.29, 0.717) is 6.04 Å². The molecule has 18 heavy (non-hydrogen) atoms. The average Bonchev–Trinajstić information content (AvgIpc) is 2.40. The molecule has 5 nitrogen and oxygen atoms in total. The minimum Gasteiger partial charge on any atom is -0.351 e. The van der Waals surface area contributed by atoms with E-state index in [4.69, 9.17) is 5.73 Å². The van der Waals surface area contributed by atoms with E-state index in [1.54, 1.807) is 4.90 Å². The SMILES string of the molecule is NC(=O)N1CCC(NCCc2ccncc2)CC1. The molecule has 0 spiro atoms. The molecule has 0 aliphatic carbocycles. The number of hydrogen-bond donors (Lipinski definition) is 2. The molecule has 2 amide bonds. The van der Waals surface area contributed by atoms with Gasteiger partial charge in [-0.15, -0.1) is 0 Å². The molecule has 0 radical (unpaired) electrons. The Bertz CT molecular complexity index is 374. The van der Waals surface area contributed by atoms with Gasteiger partial charge >= 0.3 is 6.03 Å². The summed E-state index contributed by atoms with van der Waals surface area (Å²) in [6.45, 7) is 2.50. The normalized spacial score (nSPS) is 16.8. The summed E-state index contributed by atoms with van der Waals surface area (Å²) < 4.78 is 0. The summed E-state index contributed by atoms with van der Waals surface area (Å²) in [6, 6.07) is 4.28. The highest BCUT2D eigenvalue weighted by atomic mass is 16.2. The standard InChI is InChI=1S/C13H20N4O/c14-13(18)17-9-4-12(5-10-17)16-8-3-11-1-6-15-7-2-11/h1-2,6-7,12,16H,3-5,8-10H2,(H2,14,18). The summed E-state index contributed by atoms with van der Waals surface area (Å²) in [5.74, 6) is 0. The molecule has 2 heterocycles. The number of aromatic nitrogens is 1. The van der Waals surface area contributed by atoms with Crippen molar-refractivity contribution in [2.45, 2.75) is 25.3 Å². The molecule has 2 rings (SSSR count). The first-order valence-corrected chi connectivity index (χ1v) is 6.42. The van der Waals surface area contributed by atoms with Gasteiger partial charge < -0.3 is 16.0 Å². The number of hydrogen-bond acceptors (Lipinski definition) is 3. The van der Waals surface area contributed by atoms with E-state index in [-0.39, 0.29) is 6.03 Å². The molecule has 1 aliphatic heterocycles. The van der Waals surface area contributed by atoms with Gasteiger partial charge in [-0.25, -0.2) is 4.79 Å². The van der Waals surface area contributed by atoms with Crippen LogP contribution in [0.2, 0.25) is 0 Å². The second-order valence-corrected chi connectivity index (χ2v) is 4.66. The second-order valence-electron chi connectivity index (χ2n) is 4.66. The molecule has 0 bridgehead atoms. The van der Waals surface area contributed by atoms with Gasteiger partial charge in [-0.05, 0) is 43.5 Å². The van der Waals surface area contributed by atoms with Crippen molar-refractivity contribution in [1.82, 2.24) is 15.2 Å². The van der Waals surface area contributed by atoms with Crippen molar-refractivity contribution in [3.8, 4) is 0 Å². The van der Waals surface area contributed by atoms with Crippen LogP contribution in [-0.4, -0.2) is 41.6 Å². The quantitative estimate of drug-likeness (QED) is 0.826. The van der Waals surface area contributed by atoms with E-state index < -0.39 is 0 Å². The predicted molar refractivity (Wildman–Crippen MR) is 70.1 cm³/mol. The topological polar surface area (TPSA) is 71.2 Å². The van der Waals surface area contributed by atoms with Crippen molar-refractivity contribution in [2.75, 3.05) is 19.6 Å². The number of primary amides is 1. The maximum Gasteiger partial charge on any atom is 0.314 e. The van der Waals surface area contributed by atoms with Crippen LogP contribution in [0.15, 0.2) is 24.5 Å². The van der Waals surface area contributed by atoms with Crippen molar-refractivity contribution in [1.29, 1.82) is 0 Å². The fraction of sp³-hybridized carbons (Fsp3) is 0.538. The summed E-state index contributed by atoms with van der Waals surface area (Å²) >= 11 is 0. The largest absolute Gasteiger partial charge is 0.351 e. The number of pyridine rings is 1. The smallest absolute Gasteiger partial charge is 0.314 e. The number of rotatable bonds is 4. The molecule has 3 N–H and O–H groups in total. The molecule has 1 fully saturated rings. The van der Waals surface area contributed by atoms with Crippen LogP contribution in [0, 0.1) is 0 Å². The van der Waals surface area contributed by atoms with Crippen LogP contribution in [0.4, 0.5) is 4.79 Å². The first kappa shape index (κ1) is 12.8. The van der Waals surface area contributed by atoms with E-state index >= 15 is 0 Å². The first-order valence-electron chi connectivity index (χ1n) is 6.42. The molecule has 1 saturated heterocycles. The van der Waals surface area contributed by atoms with E-state index in [9.17, 15) is 4.79 Å². The molecule has 0 saturated carbocycles. The van der Waals surface area contributed by atoms with Crippen molar-refractivity contribution >= 4 is 6.03 Å². The van der Waals surface area contributed by atoms with Gasteiger partial charge in [0.2, 0.25) is 0 Å². The average molecular weight is 248 g/mol. The van der Waals surface area contributed by atoms with Crippen LogP contribution in [0.25, 0.3) is 0 Å². The van der Waals surface area contributed by atoms with Crippen LogP contribution in [0.5, 0.6) is 0 Å². The van der Waals surface area contributed by atoms with Crippen LogP contribution >= 0.6 is 0 Å². The number of likely N-dealkylation sites (tertiary alicyclic amines) is 1. The van der Waals surface area contributed by atoms with Gasteiger partial charge in [-0.1, -0.05) is 0 Å². The van der Waals surface area contributed by atoms with Gasteiger partial charge in [-0.2, -0.15) is 0 Å². The highest BCUT2D eigenvalue weighted by molar-refractivity contribution is 5.72. The number of urea groups is 1. The Hall–Kier alpha value is -1.62. The first-order chi connectivity index (χ1) is 8.75. The lowest BCUT2D eigenvalue weighted by Gasteiger charge is -2.31. The fourth-order valence-corrected chi connectivity index (χ4v) is 2.27. The Morgan fingerprint density at radius 3 is 2.67 bits per heavy atom. The fourth-order valence-electron chi connectivity index (χ4n) is 2.27. The number of nitrogens with zero attached hydrogens (tertiary/aromatic N) is 2. The molecular weight excluding hydrogens is 228 g/mol. The minimum absolute atomic E-state index is 0.301. The Morgan fingerprint density at radius 1 is 1.39 bits per heavy atom. The van der Waals surface area contributed by atoms with Gasteiger partial charge in [0.25, 0.3) is 0 Å². The Morgan fingerprint density at radius 2 is 2.06 bits per heavy atom. The van der Waals surface area contributed by atoms with E-state index in [0.717, 1.165) is 38.9 Å². The van der Waals surface area contributed by atoms with Crippen molar-refractivity contribution in [3.05, 3.63) is 30.1 Å². The molecule has 5 heteroatoms. The van der Waals surface area contributed by atoms with E-state index in [1.165, 1.54) is 5.56 Å². The third-order valence-electron chi connectivity index (χ3n) is 3.40. The lowest BCUT2D eigenvalue weighted by molar-refractivity contribution is 0.185. The summed E-state index contributed by atoms with van der Waals surface area (Å²) in [7, 11) is 0. The number of nitrogens with two attached hydrogens (primary N) is 1. The van der Waals surface area contributed by atoms with Gasteiger partial charge in [-0.3, -0.25) is 4.98 Å². The van der Waals surface area contributed by atoms with Crippen molar-refractivity contribution in [3.63, 3.8) is 0 Å². The zero-order chi connectivity index (χ0) is 12.8. The predicted octanol–water partition coefficient (Wildman–Crippen LogP) is 0.757. The lowest BCUT2D eigenvalue weighted by Crippen LogP contribution is -2.47. The van der Waals surface area contributed by atoms with Crippen molar-refractivity contribution < 1.29 is 4.79 Å². The molecular formula is C13H20N4O. The molecule has 1 aromatic heterocycles. The summed E-state index contributed by atoms with van der Waals surface area (Å²) in [5.41, 5.74) is 6.55. The lowest BCUT2D eigenvalue weighted by atomic mass is 10.0. The maximum atomic E-state index is 11.0. The zero-order valence-corrected chi connectivity index (χ0v) is 10.5. The minimum atomic E-state index is -0.301. The summed E-state index contributed by atoms with van der Waals surface area (Å²) in [4.78, 5) is 16.7. The van der Waals surface area contributed by atoms with Crippen LogP contribution in [-0.2, 0) is 6.42 Å². The van der Waals surface area contributed by atoms with Crippen molar-refractivity contribution in [2.24, 2.45) is 5.73 Å². The van der Waals surface area contributed by atoms with Gasteiger partial charge in [0, 0.05) is 31.5 Å². The number of piperidine rings is 1. The number of carbonyl (C=O) groups excluding carboxylic acids is 1. The summed E-state index contributed by atoms with van der Waals surface area (Å²) in [6.07, 6.45) is 6.62. The number of carbonyl (C=O) groups is 1. The third-order valence-corrected chi connectivity index (χ3v) is 3.40. The number of amides is 2. The monoisotopic (exact) mass is 248 g/mol. The molecule has 0 unspecified atom stereocenters. The molecule has 98 valence electrons. The highest BCUT2D eigenvalue weighted by Gasteiger charge is 2.20. The molecule has 1 aliphatic rings. The Kier molecular flexibility index (Phi) is 4.52. The van der Waals surface area contributed by atoms with Crippen LogP contribution in [0.1, 0.15) is 18.4 Å². The summed E-state index contributed by atoms with van der Waals surface area (Å²) in [5, 5.41) is 3.53. The third kappa shape index (κ3) is 3.70. The Balaban J connectivity index is 1.65. The van der Waals surface area contributed by atoms with Gasteiger partial charge in [0.1, 0.15) is 0 Å². The van der Waals surface area contributed by atoms with Crippen LogP contribution in [0.3, 0.4) is 0 Å². The van der Waals surface area contributed by atoms with Gasteiger partial charge in [0.05, 0.1) is 0 Å². The van der Waals surface area contributed by atoms with Crippen LogP contribution < -0.4 is 11.1 Å². The number of nitrogens with one attached hydrogen (secondary N) is 1.